The summed E-state index contributed by atoms with van der Waals surface area (Å²) in [7, 11) is 0. The zero-order valence-corrected chi connectivity index (χ0v) is 18.3. The molecule has 0 spiro atoms. The number of hydrogen-bond donors (Lipinski definition) is 1. The van der Waals surface area contributed by atoms with Gasteiger partial charge >= 0.3 is 0 Å². The summed E-state index contributed by atoms with van der Waals surface area (Å²) in [6.07, 6.45) is 0. The smallest absolute Gasteiger partial charge is 0.257 e. The molecule has 0 saturated carbocycles. The lowest BCUT2D eigenvalue weighted by Gasteiger charge is -2.10. The molecule has 0 saturated heterocycles. The van der Waals surface area contributed by atoms with Crippen LogP contribution in [0.1, 0.15) is 27.4 Å². The molecule has 0 aliphatic rings. The van der Waals surface area contributed by atoms with Crippen LogP contribution in [0.4, 0.5) is 0 Å². The van der Waals surface area contributed by atoms with Crippen LogP contribution < -0.4 is 5.32 Å². The molecule has 3 heterocycles. The third-order valence-corrected chi connectivity index (χ3v) is 5.80. The molecule has 1 amide bonds. The van der Waals surface area contributed by atoms with Gasteiger partial charge in [0.15, 0.2) is 0 Å². The van der Waals surface area contributed by atoms with Crippen molar-refractivity contribution in [3.8, 4) is 11.3 Å². The summed E-state index contributed by atoms with van der Waals surface area (Å²) in [5.74, 6) is 0.315. The van der Waals surface area contributed by atoms with Gasteiger partial charge in [0, 0.05) is 35.1 Å². The summed E-state index contributed by atoms with van der Waals surface area (Å²) >= 11 is 0. The van der Waals surface area contributed by atoms with Crippen LogP contribution in [0, 0.1) is 20.8 Å². The lowest BCUT2D eigenvalue weighted by Crippen LogP contribution is -2.28. The molecule has 5 rings (SSSR count). The number of nitrogens with zero attached hydrogens (tertiary/aromatic N) is 3. The second-order valence-corrected chi connectivity index (χ2v) is 8.03. The highest BCUT2D eigenvalue weighted by molar-refractivity contribution is 6.08. The SMILES string of the molecule is Cc1cc(C)c2c3ccccc3n(CCNC(=O)c3c(-c4ccccc4)noc3C)c2n1. The Morgan fingerprint density at radius 3 is 2.59 bits per heavy atom. The molecule has 0 aliphatic carbocycles. The fourth-order valence-corrected chi connectivity index (χ4v) is 4.41. The van der Waals surface area contributed by atoms with Crippen LogP contribution in [0.15, 0.2) is 65.2 Å². The van der Waals surface area contributed by atoms with Gasteiger partial charge < -0.3 is 14.4 Å². The van der Waals surface area contributed by atoms with Crippen molar-refractivity contribution in [1.82, 2.24) is 20.0 Å². The first-order valence-corrected chi connectivity index (χ1v) is 10.7. The molecule has 6 nitrogen and oxygen atoms in total. The molecule has 5 aromatic rings. The van der Waals surface area contributed by atoms with Gasteiger partial charge in [0.05, 0.1) is 5.52 Å². The van der Waals surface area contributed by atoms with Crippen molar-refractivity contribution in [3.63, 3.8) is 0 Å². The van der Waals surface area contributed by atoms with Crippen LogP contribution >= 0.6 is 0 Å². The van der Waals surface area contributed by atoms with E-state index in [1.54, 1.807) is 6.92 Å². The maximum absolute atomic E-state index is 13.0. The van der Waals surface area contributed by atoms with Crippen LogP contribution in [0.25, 0.3) is 33.2 Å². The van der Waals surface area contributed by atoms with Crippen LogP contribution in [-0.4, -0.2) is 27.2 Å². The fourth-order valence-electron chi connectivity index (χ4n) is 4.41. The van der Waals surface area contributed by atoms with E-state index in [0.717, 1.165) is 22.4 Å². The van der Waals surface area contributed by atoms with Crippen molar-refractivity contribution >= 4 is 27.8 Å². The average molecular weight is 425 g/mol. The molecule has 160 valence electrons. The standard InChI is InChI=1S/C26H24N4O2/c1-16-15-17(2)28-25-22(16)20-11-7-8-12-21(20)30(25)14-13-27-26(31)23-18(3)32-29-24(23)19-9-5-4-6-10-19/h4-12,15H,13-14H2,1-3H3,(H,27,31). The van der Waals surface area contributed by atoms with Crippen molar-refractivity contribution in [2.24, 2.45) is 0 Å². The highest BCUT2D eigenvalue weighted by Gasteiger charge is 2.21. The summed E-state index contributed by atoms with van der Waals surface area (Å²) < 4.78 is 7.52. The Morgan fingerprint density at radius 2 is 1.78 bits per heavy atom. The van der Waals surface area contributed by atoms with E-state index in [-0.39, 0.29) is 5.91 Å². The van der Waals surface area contributed by atoms with Gasteiger partial charge in [0.2, 0.25) is 0 Å². The van der Waals surface area contributed by atoms with Gasteiger partial charge in [0.1, 0.15) is 22.7 Å². The summed E-state index contributed by atoms with van der Waals surface area (Å²) in [5.41, 5.74) is 6.14. The first-order chi connectivity index (χ1) is 15.5. The van der Waals surface area contributed by atoms with Crippen LogP contribution in [-0.2, 0) is 6.54 Å². The highest BCUT2D eigenvalue weighted by Crippen LogP contribution is 2.30. The molecule has 0 atom stereocenters. The quantitative estimate of drug-likeness (QED) is 0.421. The Bertz CT molecular complexity index is 1450. The highest BCUT2D eigenvalue weighted by atomic mass is 16.5. The largest absolute Gasteiger partial charge is 0.360 e. The van der Waals surface area contributed by atoms with Gasteiger partial charge in [-0.25, -0.2) is 4.98 Å². The zero-order valence-electron chi connectivity index (χ0n) is 18.3. The minimum atomic E-state index is -0.191. The molecular formula is C26H24N4O2. The van der Waals surface area contributed by atoms with Crippen molar-refractivity contribution < 1.29 is 9.32 Å². The topological polar surface area (TPSA) is 73.0 Å². The van der Waals surface area contributed by atoms with Gasteiger partial charge in [-0.2, -0.15) is 0 Å². The van der Waals surface area contributed by atoms with E-state index in [0.29, 0.717) is 30.1 Å². The molecular weight excluding hydrogens is 400 g/mol. The fraction of sp³-hybridized carbons (Fsp3) is 0.192. The van der Waals surface area contributed by atoms with Gasteiger partial charge in [-0.15, -0.1) is 0 Å². The molecule has 32 heavy (non-hydrogen) atoms. The normalized spacial score (nSPS) is 11.3. The zero-order chi connectivity index (χ0) is 22.2. The second-order valence-electron chi connectivity index (χ2n) is 8.03. The summed E-state index contributed by atoms with van der Waals surface area (Å²) in [4.78, 5) is 17.9. The maximum atomic E-state index is 13.0. The molecule has 0 aliphatic heterocycles. The Balaban J connectivity index is 1.43. The Hall–Kier alpha value is -3.93. The summed E-state index contributed by atoms with van der Waals surface area (Å²) in [6, 6.07) is 20.0. The van der Waals surface area contributed by atoms with E-state index in [1.165, 1.54) is 16.3 Å². The number of nitrogens with one attached hydrogen (secondary N) is 1. The molecule has 0 radical (unpaired) electrons. The molecule has 1 N–H and O–H groups in total. The number of hydrogen-bond acceptors (Lipinski definition) is 4. The van der Waals surface area contributed by atoms with E-state index < -0.39 is 0 Å². The summed E-state index contributed by atoms with van der Waals surface area (Å²) in [5, 5.41) is 9.51. The van der Waals surface area contributed by atoms with Crippen molar-refractivity contribution in [2.45, 2.75) is 27.3 Å². The molecule has 0 bridgehead atoms. The minimum Gasteiger partial charge on any atom is -0.360 e. The van der Waals surface area contributed by atoms with E-state index in [9.17, 15) is 4.79 Å². The lowest BCUT2D eigenvalue weighted by atomic mass is 10.1. The second kappa shape index (κ2) is 7.96. The molecule has 0 unspecified atom stereocenters. The number of aromatic nitrogens is 3. The molecule has 2 aromatic carbocycles. The van der Waals surface area contributed by atoms with Crippen LogP contribution in [0.2, 0.25) is 0 Å². The third kappa shape index (κ3) is 3.34. The van der Waals surface area contributed by atoms with E-state index >= 15 is 0 Å². The number of amides is 1. The van der Waals surface area contributed by atoms with E-state index in [4.69, 9.17) is 9.51 Å². The number of pyridine rings is 1. The molecule has 6 heteroatoms. The number of fused-ring (bicyclic) bond motifs is 3. The first-order valence-electron chi connectivity index (χ1n) is 10.7. The Kier molecular flexibility index (Phi) is 4.98. The van der Waals surface area contributed by atoms with Gasteiger partial charge in [0.25, 0.3) is 5.91 Å². The maximum Gasteiger partial charge on any atom is 0.257 e. The predicted octanol–water partition coefficient (Wildman–Crippen LogP) is 5.20. The number of para-hydroxylation sites is 1. The van der Waals surface area contributed by atoms with Crippen LogP contribution in [0.5, 0.6) is 0 Å². The van der Waals surface area contributed by atoms with E-state index in [1.807, 2.05) is 49.4 Å². The Morgan fingerprint density at radius 1 is 1.03 bits per heavy atom. The lowest BCUT2D eigenvalue weighted by molar-refractivity contribution is 0.0951. The van der Waals surface area contributed by atoms with Crippen molar-refractivity contribution in [1.29, 1.82) is 0 Å². The monoisotopic (exact) mass is 424 g/mol. The van der Waals surface area contributed by atoms with Crippen LogP contribution in [0.3, 0.4) is 0 Å². The number of benzene rings is 2. The first kappa shape index (κ1) is 20.0. The van der Waals surface area contributed by atoms with Crippen molar-refractivity contribution in [2.75, 3.05) is 6.54 Å². The van der Waals surface area contributed by atoms with Gasteiger partial charge in [-0.1, -0.05) is 53.7 Å². The molecule has 0 fully saturated rings. The minimum absolute atomic E-state index is 0.191. The predicted molar refractivity (Wildman–Crippen MR) is 126 cm³/mol. The number of rotatable bonds is 5. The van der Waals surface area contributed by atoms with Crippen molar-refractivity contribution in [3.05, 3.63) is 83.2 Å². The number of carbonyl (C=O) groups excluding carboxylic acids is 1. The van der Waals surface area contributed by atoms with Gasteiger partial charge in [-0.3, -0.25) is 4.79 Å². The number of aryl methyl sites for hydroxylation is 3. The van der Waals surface area contributed by atoms with Gasteiger partial charge in [-0.05, 0) is 38.5 Å². The number of carbonyl (C=O) groups is 1. The Labute approximate surface area is 185 Å². The van der Waals surface area contributed by atoms with E-state index in [2.05, 4.69) is 40.2 Å². The third-order valence-electron chi connectivity index (χ3n) is 5.80. The summed E-state index contributed by atoms with van der Waals surface area (Å²) in [6.45, 7) is 6.96. The molecule has 3 aromatic heterocycles. The average Bonchev–Trinajstić information content (AvgIpc) is 3.32.